The zero-order valence-corrected chi connectivity index (χ0v) is 8.70. The third-order valence-electron chi connectivity index (χ3n) is 1.72. The van der Waals surface area contributed by atoms with E-state index >= 15 is 0 Å². The summed E-state index contributed by atoms with van der Waals surface area (Å²) in [5.41, 5.74) is -0.417. The SMILES string of the molecule is C[C@H](C(=O)O)n1ncc(Br)c1C(F)F. The van der Waals surface area contributed by atoms with E-state index in [2.05, 4.69) is 21.0 Å². The first kappa shape index (κ1) is 11.1. The molecule has 0 aliphatic carbocycles. The largest absolute Gasteiger partial charge is 0.480 e. The highest BCUT2D eigenvalue weighted by Gasteiger charge is 2.24. The third kappa shape index (κ3) is 1.92. The van der Waals surface area contributed by atoms with Crippen LogP contribution < -0.4 is 0 Å². The molecule has 0 unspecified atom stereocenters. The van der Waals surface area contributed by atoms with E-state index in [9.17, 15) is 13.6 Å². The third-order valence-corrected chi connectivity index (χ3v) is 2.33. The summed E-state index contributed by atoms with van der Waals surface area (Å²) < 4.78 is 25.8. The van der Waals surface area contributed by atoms with Gasteiger partial charge in [-0.2, -0.15) is 5.10 Å². The first-order chi connectivity index (χ1) is 6.45. The van der Waals surface area contributed by atoms with Crippen LogP contribution in [0.1, 0.15) is 25.1 Å². The lowest BCUT2D eigenvalue weighted by molar-refractivity contribution is -0.140. The number of halogens is 3. The molecule has 4 nitrogen and oxygen atoms in total. The van der Waals surface area contributed by atoms with Gasteiger partial charge in [0.2, 0.25) is 0 Å². The molecule has 0 radical (unpaired) electrons. The smallest absolute Gasteiger partial charge is 0.328 e. The topological polar surface area (TPSA) is 55.1 Å². The predicted molar refractivity (Wildman–Crippen MR) is 47.2 cm³/mol. The van der Waals surface area contributed by atoms with Crippen molar-refractivity contribution in [1.29, 1.82) is 0 Å². The Morgan fingerprint density at radius 3 is 2.71 bits per heavy atom. The summed E-state index contributed by atoms with van der Waals surface area (Å²) in [6.07, 6.45) is -1.60. The molecule has 0 amide bonds. The lowest BCUT2D eigenvalue weighted by atomic mass is 10.3. The van der Waals surface area contributed by atoms with E-state index in [1.54, 1.807) is 0 Å². The highest BCUT2D eigenvalue weighted by molar-refractivity contribution is 9.10. The standard InChI is InChI=1S/C7H7BrF2N2O2/c1-3(7(13)14)12-5(6(9)10)4(8)2-11-12/h2-3,6H,1H3,(H,13,14)/t3-/m1/s1. The van der Waals surface area contributed by atoms with Crippen LogP contribution in [0.4, 0.5) is 8.78 Å². The predicted octanol–water partition coefficient (Wildman–Crippen LogP) is 2.23. The molecule has 0 bridgehead atoms. The molecule has 7 heteroatoms. The molecule has 0 aliphatic heterocycles. The van der Waals surface area contributed by atoms with Gasteiger partial charge in [-0.25, -0.2) is 18.3 Å². The molecule has 1 N–H and O–H groups in total. The normalized spacial score (nSPS) is 13.2. The van der Waals surface area contributed by atoms with Gasteiger partial charge in [0.1, 0.15) is 11.7 Å². The van der Waals surface area contributed by atoms with Crippen LogP contribution in [0.15, 0.2) is 10.7 Å². The van der Waals surface area contributed by atoms with Crippen LogP contribution in [-0.2, 0) is 4.79 Å². The second-order valence-electron chi connectivity index (χ2n) is 2.64. The van der Waals surface area contributed by atoms with Gasteiger partial charge >= 0.3 is 5.97 Å². The molecule has 0 aromatic carbocycles. The fourth-order valence-electron chi connectivity index (χ4n) is 0.968. The number of rotatable bonds is 3. The Morgan fingerprint density at radius 1 is 1.71 bits per heavy atom. The van der Waals surface area contributed by atoms with Crippen LogP contribution in [0, 0.1) is 0 Å². The average Bonchev–Trinajstić information content (AvgIpc) is 2.45. The van der Waals surface area contributed by atoms with Gasteiger partial charge in [-0.1, -0.05) is 0 Å². The summed E-state index contributed by atoms with van der Waals surface area (Å²) in [6.45, 7) is 1.29. The van der Waals surface area contributed by atoms with E-state index in [1.807, 2.05) is 0 Å². The van der Waals surface area contributed by atoms with Crippen molar-refractivity contribution >= 4 is 21.9 Å². The van der Waals surface area contributed by atoms with Gasteiger partial charge in [0, 0.05) is 0 Å². The Hall–Kier alpha value is -0.980. The van der Waals surface area contributed by atoms with Crippen molar-refractivity contribution in [2.45, 2.75) is 19.4 Å². The first-order valence-corrected chi connectivity index (χ1v) is 4.48. The minimum absolute atomic E-state index is 0.112. The monoisotopic (exact) mass is 268 g/mol. The van der Waals surface area contributed by atoms with E-state index in [0.717, 1.165) is 10.9 Å². The fraction of sp³-hybridized carbons (Fsp3) is 0.429. The molecule has 1 atom stereocenters. The molecule has 1 aromatic heterocycles. The van der Waals surface area contributed by atoms with E-state index in [-0.39, 0.29) is 4.47 Å². The zero-order chi connectivity index (χ0) is 10.9. The minimum Gasteiger partial charge on any atom is -0.480 e. The first-order valence-electron chi connectivity index (χ1n) is 3.69. The molecule has 0 fully saturated rings. The van der Waals surface area contributed by atoms with Crippen LogP contribution in [0.3, 0.4) is 0 Å². The number of hydrogen-bond acceptors (Lipinski definition) is 2. The molecule has 14 heavy (non-hydrogen) atoms. The van der Waals surface area contributed by atoms with Gasteiger partial charge in [0.25, 0.3) is 6.43 Å². The molecule has 1 aromatic rings. The molecule has 0 saturated heterocycles. The molecule has 1 rings (SSSR count). The molecule has 0 saturated carbocycles. The summed E-state index contributed by atoms with van der Waals surface area (Å²) in [4.78, 5) is 10.6. The molecule has 0 spiro atoms. The van der Waals surface area contributed by atoms with Gasteiger partial charge in [0.05, 0.1) is 10.7 Å². The van der Waals surface area contributed by atoms with Gasteiger partial charge in [-0.3, -0.25) is 0 Å². The van der Waals surface area contributed by atoms with E-state index in [1.165, 1.54) is 6.92 Å². The summed E-state index contributed by atoms with van der Waals surface area (Å²) in [6, 6.07) is -1.11. The maximum Gasteiger partial charge on any atom is 0.328 e. The number of hydrogen-bond donors (Lipinski definition) is 1. The van der Waals surface area contributed by atoms with Crippen molar-refractivity contribution < 1.29 is 18.7 Å². The Bertz CT molecular complexity index is 353. The number of carboxylic acid groups (broad SMARTS) is 1. The van der Waals surface area contributed by atoms with Crippen LogP contribution in [0.5, 0.6) is 0 Å². The summed E-state index contributed by atoms with van der Waals surface area (Å²) in [7, 11) is 0. The summed E-state index contributed by atoms with van der Waals surface area (Å²) >= 11 is 2.88. The van der Waals surface area contributed by atoms with E-state index < -0.39 is 24.1 Å². The quantitative estimate of drug-likeness (QED) is 0.915. The van der Waals surface area contributed by atoms with Crippen LogP contribution >= 0.6 is 15.9 Å². The van der Waals surface area contributed by atoms with Crippen molar-refractivity contribution in [3.63, 3.8) is 0 Å². The molecular formula is C7H7BrF2N2O2. The highest BCUT2D eigenvalue weighted by atomic mass is 79.9. The zero-order valence-electron chi connectivity index (χ0n) is 7.12. The van der Waals surface area contributed by atoms with Crippen molar-refractivity contribution in [1.82, 2.24) is 9.78 Å². The summed E-state index contributed by atoms with van der Waals surface area (Å²) in [5.74, 6) is -1.21. The Morgan fingerprint density at radius 2 is 2.29 bits per heavy atom. The Kier molecular flexibility index (Phi) is 3.20. The van der Waals surface area contributed by atoms with Gasteiger partial charge < -0.3 is 5.11 Å². The lowest BCUT2D eigenvalue weighted by Gasteiger charge is -2.10. The maximum atomic E-state index is 12.5. The molecule has 1 heterocycles. The molecule has 0 aliphatic rings. The van der Waals surface area contributed by atoms with Gasteiger partial charge in [-0.05, 0) is 22.9 Å². The number of carbonyl (C=O) groups is 1. The number of alkyl halides is 2. The van der Waals surface area contributed by atoms with Crippen LogP contribution in [-0.4, -0.2) is 20.9 Å². The molecular weight excluding hydrogens is 262 g/mol. The van der Waals surface area contributed by atoms with Crippen LogP contribution in [0.25, 0.3) is 0 Å². The van der Waals surface area contributed by atoms with E-state index in [0.29, 0.717) is 0 Å². The van der Waals surface area contributed by atoms with Crippen molar-refractivity contribution in [3.05, 3.63) is 16.4 Å². The number of aliphatic carboxylic acids is 1. The lowest BCUT2D eigenvalue weighted by Crippen LogP contribution is -2.19. The number of nitrogens with zero attached hydrogens (tertiary/aromatic N) is 2. The molecule has 78 valence electrons. The van der Waals surface area contributed by atoms with Crippen molar-refractivity contribution in [3.8, 4) is 0 Å². The second kappa shape index (κ2) is 4.04. The van der Waals surface area contributed by atoms with Crippen molar-refractivity contribution in [2.75, 3.05) is 0 Å². The highest BCUT2D eigenvalue weighted by Crippen LogP contribution is 2.29. The number of carboxylic acids is 1. The minimum atomic E-state index is -2.76. The average molecular weight is 269 g/mol. The van der Waals surface area contributed by atoms with E-state index in [4.69, 9.17) is 5.11 Å². The number of aromatic nitrogens is 2. The fourth-order valence-corrected chi connectivity index (χ4v) is 1.41. The summed E-state index contributed by atoms with van der Waals surface area (Å²) in [5, 5.41) is 12.2. The van der Waals surface area contributed by atoms with Gasteiger partial charge in [-0.15, -0.1) is 0 Å². The Balaban J connectivity index is 3.15. The van der Waals surface area contributed by atoms with Gasteiger partial charge in [0.15, 0.2) is 0 Å². The Labute approximate surface area is 86.7 Å². The second-order valence-corrected chi connectivity index (χ2v) is 3.49. The van der Waals surface area contributed by atoms with Crippen molar-refractivity contribution in [2.24, 2.45) is 0 Å². The maximum absolute atomic E-state index is 12.5. The van der Waals surface area contributed by atoms with Crippen LogP contribution in [0.2, 0.25) is 0 Å².